The van der Waals surface area contributed by atoms with E-state index in [1.54, 1.807) is 6.07 Å². The van der Waals surface area contributed by atoms with Crippen molar-refractivity contribution in [2.45, 2.75) is 17.0 Å². The minimum Gasteiger partial charge on any atom is -0.373 e. The second kappa shape index (κ2) is 7.26. The van der Waals surface area contributed by atoms with Crippen molar-refractivity contribution in [1.82, 2.24) is 9.88 Å². The quantitative estimate of drug-likeness (QED) is 0.827. The summed E-state index contributed by atoms with van der Waals surface area (Å²) >= 11 is 0. The highest BCUT2D eigenvalue weighted by atomic mass is 32.2. The normalized spacial score (nSPS) is 22.9. The zero-order chi connectivity index (χ0) is 19.9. The lowest BCUT2D eigenvalue weighted by atomic mass is 10.1. The molecule has 1 aromatic heterocycles. The molecule has 3 heterocycles. The highest BCUT2D eigenvalue weighted by molar-refractivity contribution is 7.92. The lowest BCUT2D eigenvalue weighted by Crippen LogP contribution is -2.48. The van der Waals surface area contributed by atoms with Crippen molar-refractivity contribution in [3.05, 3.63) is 48.2 Å². The van der Waals surface area contributed by atoms with Crippen LogP contribution in [0.3, 0.4) is 0 Å². The molecule has 0 aliphatic carbocycles. The third-order valence-corrected chi connectivity index (χ3v) is 6.42. The van der Waals surface area contributed by atoms with Gasteiger partial charge in [0.25, 0.3) is 10.0 Å². The monoisotopic (exact) mass is 410 g/mol. The summed E-state index contributed by atoms with van der Waals surface area (Å²) in [5.41, 5.74) is -0.189. The Morgan fingerprint density at radius 2 is 1.93 bits per heavy atom. The second-order valence-electron chi connectivity index (χ2n) is 6.98. The van der Waals surface area contributed by atoms with Crippen molar-refractivity contribution in [1.29, 1.82) is 0 Å². The number of pyridine rings is 1. The first-order chi connectivity index (χ1) is 13.3. The van der Waals surface area contributed by atoms with Crippen molar-refractivity contribution >= 4 is 21.5 Å². The second-order valence-corrected chi connectivity index (χ2v) is 8.66. The summed E-state index contributed by atoms with van der Waals surface area (Å²) in [6.07, 6.45) is 1.34. The van der Waals surface area contributed by atoms with Crippen LogP contribution in [-0.2, 0) is 14.8 Å². The van der Waals surface area contributed by atoms with Crippen LogP contribution in [0.15, 0.2) is 41.4 Å². The van der Waals surface area contributed by atoms with Gasteiger partial charge in [0.15, 0.2) is 0 Å². The van der Waals surface area contributed by atoms with E-state index in [0.29, 0.717) is 25.0 Å². The molecule has 2 unspecified atom stereocenters. The Kier molecular flexibility index (Phi) is 4.94. The number of hydrogen-bond donors (Lipinski definition) is 1. The van der Waals surface area contributed by atoms with Gasteiger partial charge in [0, 0.05) is 31.9 Å². The fourth-order valence-electron chi connectivity index (χ4n) is 3.59. The summed E-state index contributed by atoms with van der Waals surface area (Å²) in [5, 5.41) is 0. The van der Waals surface area contributed by atoms with E-state index in [-0.39, 0.29) is 22.7 Å². The van der Waals surface area contributed by atoms with E-state index in [1.807, 2.05) is 0 Å². The van der Waals surface area contributed by atoms with Crippen molar-refractivity contribution in [3.63, 3.8) is 0 Å². The van der Waals surface area contributed by atoms with E-state index >= 15 is 0 Å². The number of hydrogen-bond acceptors (Lipinski definition) is 6. The van der Waals surface area contributed by atoms with Gasteiger partial charge in [-0.3, -0.25) is 9.62 Å². The van der Waals surface area contributed by atoms with E-state index < -0.39 is 21.7 Å². The van der Waals surface area contributed by atoms with E-state index in [2.05, 4.69) is 26.6 Å². The number of likely N-dealkylation sites (N-methyl/N-ethyl adjacent to an activating group) is 1. The number of halogens is 2. The molecule has 0 radical (unpaired) electrons. The SMILES string of the molecule is CN1CCOC2CN(c3ccc(S(=O)(=O)Nc4cc(F)cc(F)c4)cn3)CC21. The van der Waals surface area contributed by atoms with Crippen LogP contribution in [0.1, 0.15) is 0 Å². The zero-order valence-corrected chi connectivity index (χ0v) is 16.0. The van der Waals surface area contributed by atoms with Gasteiger partial charge in [0.1, 0.15) is 22.3 Å². The summed E-state index contributed by atoms with van der Waals surface area (Å²) in [6, 6.07) is 5.81. The number of anilines is 2. The lowest BCUT2D eigenvalue weighted by Gasteiger charge is -2.33. The van der Waals surface area contributed by atoms with Gasteiger partial charge in [-0.05, 0) is 31.3 Å². The molecule has 150 valence electrons. The summed E-state index contributed by atoms with van der Waals surface area (Å²) in [4.78, 5) is 8.50. The van der Waals surface area contributed by atoms with Crippen LogP contribution in [-0.4, -0.2) is 63.7 Å². The summed E-state index contributed by atoms with van der Waals surface area (Å²) in [5.74, 6) is -1.08. The molecule has 4 rings (SSSR count). The average Bonchev–Trinajstić information content (AvgIpc) is 3.06. The lowest BCUT2D eigenvalue weighted by molar-refractivity contribution is -0.0362. The van der Waals surface area contributed by atoms with Gasteiger partial charge in [0.2, 0.25) is 0 Å². The van der Waals surface area contributed by atoms with Crippen LogP contribution in [0.4, 0.5) is 20.3 Å². The Morgan fingerprint density at radius 3 is 2.57 bits per heavy atom. The summed E-state index contributed by atoms with van der Waals surface area (Å²) in [6.45, 7) is 3.02. The summed E-state index contributed by atoms with van der Waals surface area (Å²) in [7, 11) is -1.95. The van der Waals surface area contributed by atoms with Gasteiger partial charge in [-0.2, -0.15) is 0 Å². The Morgan fingerprint density at radius 1 is 1.18 bits per heavy atom. The number of morpholine rings is 1. The largest absolute Gasteiger partial charge is 0.373 e. The molecular formula is C18H20F2N4O3S. The molecule has 2 aliphatic heterocycles. The van der Waals surface area contributed by atoms with Gasteiger partial charge in [-0.1, -0.05) is 0 Å². The number of nitrogens with zero attached hydrogens (tertiary/aromatic N) is 3. The van der Waals surface area contributed by atoms with Crippen molar-refractivity contribution in [2.75, 3.05) is 42.9 Å². The minimum atomic E-state index is -4.01. The zero-order valence-electron chi connectivity index (χ0n) is 15.2. The number of benzene rings is 1. The first kappa shape index (κ1) is 19.0. The number of nitrogens with one attached hydrogen (secondary N) is 1. The molecule has 0 saturated carbocycles. The first-order valence-corrected chi connectivity index (χ1v) is 10.3. The van der Waals surface area contributed by atoms with Crippen LogP contribution in [0, 0.1) is 11.6 Å². The van der Waals surface area contributed by atoms with E-state index in [9.17, 15) is 17.2 Å². The summed E-state index contributed by atoms with van der Waals surface area (Å²) < 4.78 is 59.5. The molecule has 0 spiro atoms. The molecule has 2 fully saturated rings. The van der Waals surface area contributed by atoms with Crippen LogP contribution in [0.2, 0.25) is 0 Å². The maximum Gasteiger partial charge on any atom is 0.263 e. The fourth-order valence-corrected chi connectivity index (χ4v) is 4.57. The molecular weight excluding hydrogens is 390 g/mol. The molecule has 2 aliphatic rings. The van der Waals surface area contributed by atoms with Crippen LogP contribution in [0.5, 0.6) is 0 Å². The van der Waals surface area contributed by atoms with E-state index in [1.165, 1.54) is 12.3 Å². The van der Waals surface area contributed by atoms with Crippen LogP contribution >= 0.6 is 0 Å². The predicted octanol–water partition coefficient (Wildman–Crippen LogP) is 1.68. The molecule has 1 N–H and O–H groups in total. The molecule has 2 aromatic rings. The number of aromatic nitrogens is 1. The molecule has 1 aromatic carbocycles. The highest BCUT2D eigenvalue weighted by Gasteiger charge is 2.39. The Labute approximate surface area is 162 Å². The predicted molar refractivity (Wildman–Crippen MR) is 99.8 cm³/mol. The molecule has 7 nitrogen and oxygen atoms in total. The van der Waals surface area contributed by atoms with Gasteiger partial charge in [-0.25, -0.2) is 22.2 Å². The minimum absolute atomic E-state index is 0.0918. The molecule has 2 saturated heterocycles. The molecule has 10 heteroatoms. The Bertz CT molecular complexity index is 951. The third kappa shape index (κ3) is 3.80. The van der Waals surface area contributed by atoms with Gasteiger partial charge < -0.3 is 9.64 Å². The van der Waals surface area contributed by atoms with Crippen molar-refractivity contribution in [2.24, 2.45) is 0 Å². The van der Waals surface area contributed by atoms with E-state index in [4.69, 9.17) is 4.74 Å². The smallest absolute Gasteiger partial charge is 0.263 e. The van der Waals surface area contributed by atoms with Crippen molar-refractivity contribution in [3.8, 4) is 0 Å². The maximum absolute atomic E-state index is 13.3. The topological polar surface area (TPSA) is 74.8 Å². The number of ether oxygens (including phenoxy) is 1. The van der Waals surface area contributed by atoms with Gasteiger partial charge in [0.05, 0.1) is 24.4 Å². The van der Waals surface area contributed by atoms with Crippen LogP contribution < -0.4 is 9.62 Å². The number of fused-ring (bicyclic) bond motifs is 1. The maximum atomic E-state index is 13.3. The molecule has 0 bridgehead atoms. The van der Waals surface area contributed by atoms with Gasteiger partial charge >= 0.3 is 0 Å². The average molecular weight is 410 g/mol. The Hall–Kier alpha value is -2.30. The van der Waals surface area contributed by atoms with E-state index in [0.717, 1.165) is 25.2 Å². The van der Waals surface area contributed by atoms with Crippen LogP contribution in [0.25, 0.3) is 0 Å². The molecule has 28 heavy (non-hydrogen) atoms. The van der Waals surface area contributed by atoms with Crippen molar-refractivity contribution < 1.29 is 21.9 Å². The first-order valence-electron chi connectivity index (χ1n) is 8.83. The Balaban J connectivity index is 1.49. The standard InChI is InChI=1S/C18H20F2N4O3S/c1-23-4-5-27-17-11-24(10-16(17)23)18-3-2-15(9-21-18)28(25,26)22-14-7-12(19)6-13(20)8-14/h2-3,6-9,16-17,22H,4-5,10-11H2,1H3. The fraction of sp³-hybridized carbons (Fsp3) is 0.389. The molecule has 0 amide bonds. The molecule has 2 atom stereocenters. The highest BCUT2D eigenvalue weighted by Crippen LogP contribution is 2.26. The number of rotatable bonds is 4. The third-order valence-electron chi connectivity index (χ3n) is 5.05. The van der Waals surface area contributed by atoms with Gasteiger partial charge in [-0.15, -0.1) is 0 Å². The number of sulfonamides is 1.